The van der Waals surface area contributed by atoms with Crippen LogP contribution >= 0.6 is 0 Å². The third-order valence-corrected chi connectivity index (χ3v) is 3.73. The monoisotopic (exact) mass is 359 g/mol. The molecule has 1 amide bonds. The Labute approximate surface area is 151 Å². The third-order valence-electron chi connectivity index (χ3n) is 3.73. The zero-order valence-electron chi connectivity index (χ0n) is 14.7. The normalized spacial score (nSPS) is 10.1. The second-order valence-corrected chi connectivity index (χ2v) is 5.44. The van der Waals surface area contributed by atoms with Crippen molar-refractivity contribution in [1.29, 1.82) is 0 Å². The molecule has 8 heteroatoms. The van der Waals surface area contributed by atoms with Crippen LogP contribution in [0.2, 0.25) is 0 Å². The molecule has 0 saturated carbocycles. The van der Waals surface area contributed by atoms with E-state index in [9.17, 15) is 14.9 Å². The standard InChI is InChI=1S/C18H21N3O5/c1-25-15-6-3-13(4-7-15)9-10-19-18(22)12-20-16-11-14(21(23)24)5-8-17(16)26-2/h3-8,11,20H,9-10,12H2,1-2H3,(H,19,22). The molecule has 0 atom stereocenters. The van der Waals surface area contributed by atoms with Crippen LogP contribution in [0.1, 0.15) is 5.56 Å². The fourth-order valence-corrected chi connectivity index (χ4v) is 2.32. The number of carbonyl (C=O) groups excluding carboxylic acids is 1. The SMILES string of the molecule is COc1ccc(CCNC(=O)CNc2cc([N+](=O)[O-])ccc2OC)cc1. The van der Waals surface area contributed by atoms with E-state index in [1.54, 1.807) is 7.11 Å². The van der Waals surface area contributed by atoms with Gasteiger partial charge in [0.2, 0.25) is 5.91 Å². The van der Waals surface area contributed by atoms with Crippen molar-refractivity contribution in [2.45, 2.75) is 6.42 Å². The first-order chi connectivity index (χ1) is 12.5. The number of methoxy groups -OCH3 is 2. The maximum atomic E-state index is 12.0. The van der Waals surface area contributed by atoms with Crippen molar-refractivity contribution in [3.63, 3.8) is 0 Å². The van der Waals surface area contributed by atoms with E-state index >= 15 is 0 Å². The number of non-ortho nitro benzene ring substituents is 1. The van der Waals surface area contributed by atoms with Crippen molar-refractivity contribution in [2.75, 3.05) is 32.6 Å². The Kier molecular flexibility index (Phi) is 6.78. The van der Waals surface area contributed by atoms with Crippen LogP contribution < -0.4 is 20.1 Å². The van der Waals surface area contributed by atoms with Gasteiger partial charge in [-0.25, -0.2) is 0 Å². The Morgan fingerprint density at radius 2 is 1.85 bits per heavy atom. The van der Waals surface area contributed by atoms with Crippen LogP contribution in [-0.2, 0) is 11.2 Å². The predicted molar refractivity (Wildman–Crippen MR) is 97.8 cm³/mol. The molecule has 0 unspecified atom stereocenters. The topological polar surface area (TPSA) is 103 Å². The number of nitro groups is 1. The lowest BCUT2D eigenvalue weighted by atomic mass is 10.1. The van der Waals surface area contributed by atoms with Gasteiger partial charge in [-0.3, -0.25) is 14.9 Å². The molecule has 8 nitrogen and oxygen atoms in total. The molecular weight excluding hydrogens is 338 g/mol. The number of hydrogen-bond acceptors (Lipinski definition) is 6. The van der Waals surface area contributed by atoms with Crippen LogP contribution in [0.3, 0.4) is 0 Å². The van der Waals surface area contributed by atoms with E-state index in [1.807, 2.05) is 24.3 Å². The predicted octanol–water partition coefficient (Wildman–Crippen LogP) is 2.38. The fraction of sp³-hybridized carbons (Fsp3) is 0.278. The van der Waals surface area contributed by atoms with Crippen molar-refractivity contribution in [3.8, 4) is 11.5 Å². The van der Waals surface area contributed by atoms with Crippen molar-refractivity contribution >= 4 is 17.3 Å². The molecule has 0 aliphatic heterocycles. The molecule has 0 aromatic heterocycles. The molecule has 0 fully saturated rings. The number of rotatable bonds is 9. The largest absolute Gasteiger partial charge is 0.497 e. The van der Waals surface area contributed by atoms with E-state index in [1.165, 1.54) is 25.3 Å². The molecule has 138 valence electrons. The Hall–Kier alpha value is -3.29. The molecular formula is C18H21N3O5. The lowest BCUT2D eigenvalue weighted by Gasteiger charge is -2.11. The summed E-state index contributed by atoms with van der Waals surface area (Å²) in [6.07, 6.45) is 0.690. The van der Waals surface area contributed by atoms with Gasteiger partial charge in [-0.05, 0) is 30.2 Å². The summed E-state index contributed by atoms with van der Waals surface area (Å²) in [6, 6.07) is 11.8. The summed E-state index contributed by atoms with van der Waals surface area (Å²) in [5.74, 6) is 1.00. The van der Waals surface area contributed by atoms with Crippen LogP contribution in [0, 0.1) is 10.1 Å². The summed E-state index contributed by atoms with van der Waals surface area (Å²) in [5, 5.41) is 16.5. The van der Waals surface area contributed by atoms with E-state index in [2.05, 4.69) is 10.6 Å². The van der Waals surface area contributed by atoms with Gasteiger partial charge < -0.3 is 20.1 Å². The zero-order valence-corrected chi connectivity index (χ0v) is 14.7. The first-order valence-electron chi connectivity index (χ1n) is 7.99. The number of nitro benzene ring substituents is 1. The smallest absolute Gasteiger partial charge is 0.271 e. The van der Waals surface area contributed by atoms with E-state index < -0.39 is 4.92 Å². The molecule has 0 saturated heterocycles. The van der Waals surface area contributed by atoms with Gasteiger partial charge >= 0.3 is 0 Å². The van der Waals surface area contributed by atoms with Crippen molar-refractivity contribution in [3.05, 3.63) is 58.1 Å². The molecule has 26 heavy (non-hydrogen) atoms. The summed E-state index contributed by atoms with van der Waals surface area (Å²) in [4.78, 5) is 22.3. The maximum Gasteiger partial charge on any atom is 0.271 e. The summed E-state index contributed by atoms with van der Waals surface area (Å²) in [5.41, 5.74) is 1.40. The quantitative estimate of drug-likeness (QED) is 0.526. The second kappa shape index (κ2) is 9.26. The van der Waals surface area contributed by atoms with Gasteiger partial charge in [-0.15, -0.1) is 0 Å². The number of nitrogens with one attached hydrogen (secondary N) is 2. The molecule has 2 N–H and O–H groups in total. The van der Waals surface area contributed by atoms with Crippen LogP contribution in [0.5, 0.6) is 11.5 Å². The maximum absolute atomic E-state index is 12.0. The molecule has 0 radical (unpaired) electrons. The first-order valence-corrected chi connectivity index (χ1v) is 7.99. The number of carbonyl (C=O) groups is 1. The van der Waals surface area contributed by atoms with Crippen molar-refractivity contribution in [2.24, 2.45) is 0 Å². The Bertz CT molecular complexity index is 762. The average Bonchev–Trinajstić information content (AvgIpc) is 2.66. The number of ether oxygens (including phenoxy) is 2. The van der Waals surface area contributed by atoms with Gasteiger partial charge in [0.25, 0.3) is 5.69 Å². The fourth-order valence-electron chi connectivity index (χ4n) is 2.32. The third kappa shape index (κ3) is 5.37. The van der Waals surface area contributed by atoms with E-state index in [-0.39, 0.29) is 18.1 Å². The van der Waals surface area contributed by atoms with Gasteiger partial charge in [0, 0.05) is 18.7 Å². The zero-order chi connectivity index (χ0) is 18.9. The molecule has 0 heterocycles. The Balaban J connectivity index is 1.82. The molecule has 0 bridgehead atoms. The van der Waals surface area contributed by atoms with Crippen LogP contribution in [-0.4, -0.2) is 38.1 Å². The van der Waals surface area contributed by atoms with Crippen LogP contribution in [0.4, 0.5) is 11.4 Å². The van der Waals surface area contributed by atoms with Gasteiger partial charge in [-0.1, -0.05) is 12.1 Å². The molecule has 0 aliphatic rings. The molecule has 0 aliphatic carbocycles. The lowest BCUT2D eigenvalue weighted by Crippen LogP contribution is -2.31. The molecule has 0 spiro atoms. The summed E-state index contributed by atoms with van der Waals surface area (Å²) in [7, 11) is 3.07. The summed E-state index contributed by atoms with van der Waals surface area (Å²) in [6.45, 7) is 0.471. The summed E-state index contributed by atoms with van der Waals surface area (Å²) >= 11 is 0. The number of anilines is 1. The van der Waals surface area contributed by atoms with Crippen LogP contribution in [0.15, 0.2) is 42.5 Å². The number of amides is 1. The molecule has 2 rings (SSSR count). The summed E-state index contributed by atoms with van der Waals surface area (Å²) < 4.78 is 10.2. The van der Waals surface area contributed by atoms with Gasteiger partial charge in [0.1, 0.15) is 11.5 Å². The number of benzene rings is 2. The van der Waals surface area contributed by atoms with E-state index in [4.69, 9.17) is 9.47 Å². The lowest BCUT2D eigenvalue weighted by molar-refractivity contribution is -0.384. The molecule has 2 aromatic carbocycles. The minimum absolute atomic E-state index is 0.0137. The minimum atomic E-state index is -0.500. The molecule has 2 aromatic rings. The van der Waals surface area contributed by atoms with Crippen molar-refractivity contribution in [1.82, 2.24) is 5.32 Å². The van der Waals surface area contributed by atoms with E-state index in [0.29, 0.717) is 24.4 Å². The number of nitrogens with zero attached hydrogens (tertiary/aromatic N) is 1. The van der Waals surface area contributed by atoms with Crippen LogP contribution in [0.25, 0.3) is 0 Å². The highest BCUT2D eigenvalue weighted by Gasteiger charge is 2.12. The van der Waals surface area contributed by atoms with E-state index in [0.717, 1.165) is 11.3 Å². The highest BCUT2D eigenvalue weighted by Crippen LogP contribution is 2.28. The highest BCUT2D eigenvalue weighted by atomic mass is 16.6. The second-order valence-electron chi connectivity index (χ2n) is 5.44. The van der Waals surface area contributed by atoms with Gasteiger partial charge in [0.15, 0.2) is 0 Å². The Morgan fingerprint density at radius 3 is 2.46 bits per heavy atom. The Morgan fingerprint density at radius 1 is 1.12 bits per heavy atom. The average molecular weight is 359 g/mol. The van der Waals surface area contributed by atoms with Gasteiger partial charge in [0.05, 0.1) is 31.4 Å². The first kappa shape index (κ1) is 19.0. The van der Waals surface area contributed by atoms with Crippen molar-refractivity contribution < 1.29 is 19.2 Å². The minimum Gasteiger partial charge on any atom is -0.497 e. The van der Waals surface area contributed by atoms with Gasteiger partial charge in [-0.2, -0.15) is 0 Å². The number of hydrogen-bond donors (Lipinski definition) is 2. The highest BCUT2D eigenvalue weighted by molar-refractivity contribution is 5.81.